The molecule has 0 aliphatic carbocycles. The fraction of sp³-hybridized carbons (Fsp3) is 0.529. The van der Waals surface area contributed by atoms with Crippen LogP contribution in [0.25, 0.3) is 0 Å². The van der Waals surface area contributed by atoms with Crippen molar-refractivity contribution in [3.63, 3.8) is 0 Å². The second-order valence-electron chi connectivity index (χ2n) is 6.07. The molecule has 1 aliphatic heterocycles. The summed E-state index contributed by atoms with van der Waals surface area (Å²) >= 11 is 1.90. The molecule has 23 heavy (non-hydrogen) atoms. The van der Waals surface area contributed by atoms with E-state index in [9.17, 15) is 0 Å². The number of nitrogens with zero attached hydrogens (tertiary/aromatic N) is 4. The highest BCUT2D eigenvalue weighted by Gasteiger charge is 2.24. The van der Waals surface area contributed by atoms with Gasteiger partial charge in [0.25, 0.3) is 0 Å². The van der Waals surface area contributed by atoms with Gasteiger partial charge in [-0.15, -0.1) is 11.3 Å². The average molecular weight is 332 g/mol. The maximum absolute atomic E-state index is 5.21. The van der Waals surface area contributed by atoms with Crippen LogP contribution in [0.15, 0.2) is 24.5 Å². The van der Waals surface area contributed by atoms with Crippen molar-refractivity contribution in [2.24, 2.45) is 0 Å². The molecule has 0 bridgehead atoms. The maximum Gasteiger partial charge on any atom is 0.218 e. The van der Waals surface area contributed by atoms with Crippen LogP contribution >= 0.6 is 11.3 Å². The predicted octanol–water partition coefficient (Wildman–Crippen LogP) is 2.96. The van der Waals surface area contributed by atoms with Gasteiger partial charge in [0.05, 0.1) is 7.11 Å². The Morgan fingerprint density at radius 2 is 2.26 bits per heavy atom. The largest absolute Gasteiger partial charge is 0.481 e. The zero-order valence-corrected chi connectivity index (χ0v) is 14.8. The lowest BCUT2D eigenvalue weighted by molar-refractivity contribution is 0.200. The molecule has 1 fully saturated rings. The first-order valence-electron chi connectivity index (χ1n) is 8.02. The summed E-state index contributed by atoms with van der Waals surface area (Å²) in [6, 6.07) is 6.84. The molecular formula is C17H24N4OS. The monoisotopic (exact) mass is 332 g/mol. The molecule has 2 aromatic rings. The van der Waals surface area contributed by atoms with Crippen molar-refractivity contribution < 1.29 is 4.74 Å². The van der Waals surface area contributed by atoms with Crippen molar-refractivity contribution in [3.05, 3.63) is 34.3 Å². The van der Waals surface area contributed by atoms with E-state index >= 15 is 0 Å². The molecule has 1 atom stereocenters. The smallest absolute Gasteiger partial charge is 0.218 e. The molecule has 0 spiro atoms. The van der Waals surface area contributed by atoms with E-state index in [0.717, 1.165) is 18.9 Å². The number of rotatable bonds is 5. The second kappa shape index (κ2) is 7.27. The molecule has 0 N–H and O–H groups in total. The molecule has 0 amide bonds. The van der Waals surface area contributed by atoms with Gasteiger partial charge in [0.2, 0.25) is 5.88 Å². The standard InChI is InChI=1S/C17H24N4OS/c1-13-6-7-15(23-13)11-21-8-4-5-14(10-21)20(2)16-9-17(22-3)19-12-18-16/h6-7,9,12,14H,4-5,8,10-11H2,1-3H3. The van der Waals surface area contributed by atoms with Crippen molar-refractivity contribution in [2.45, 2.75) is 32.4 Å². The molecular weight excluding hydrogens is 308 g/mol. The van der Waals surface area contributed by atoms with E-state index in [1.54, 1.807) is 13.4 Å². The number of likely N-dealkylation sites (N-methyl/N-ethyl adjacent to an activating group) is 1. The minimum atomic E-state index is 0.476. The summed E-state index contributed by atoms with van der Waals surface area (Å²) in [4.78, 5) is 16.1. The number of hydrogen-bond donors (Lipinski definition) is 0. The van der Waals surface area contributed by atoms with Gasteiger partial charge in [-0.25, -0.2) is 9.97 Å². The van der Waals surface area contributed by atoms with E-state index < -0.39 is 0 Å². The number of hydrogen-bond acceptors (Lipinski definition) is 6. The van der Waals surface area contributed by atoms with E-state index in [1.807, 2.05) is 17.4 Å². The zero-order chi connectivity index (χ0) is 16.2. The highest BCUT2D eigenvalue weighted by atomic mass is 32.1. The van der Waals surface area contributed by atoms with Crippen LogP contribution in [-0.2, 0) is 6.54 Å². The van der Waals surface area contributed by atoms with Crippen LogP contribution in [0.5, 0.6) is 5.88 Å². The van der Waals surface area contributed by atoms with Gasteiger partial charge in [-0.1, -0.05) is 0 Å². The Morgan fingerprint density at radius 3 is 3.00 bits per heavy atom. The van der Waals surface area contributed by atoms with Gasteiger partial charge >= 0.3 is 0 Å². The van der Waals surface area contributed by atoms with E-state index in [-0.39, 0.29) is 0 Å². The number of ether oxygens (including phenoxy) is 1. The van der Waals surface area contributed by atoms with Gasteiger partial charge in [0.15, 0.2) is 0 Å². The minimum absolute atomic E-state index is 0.476. The number of anilines is 1. The van der Waals surface area contributed by atoms with Crippen molar-refractivity contribution in [2.75, 3.05) is 32.1 Å². The second-order valence-corrected chi connectivity index (χ2v) is 7.45. The lowest BCUT2D eigenvalue weighted by Crippen LogP contribution is -2.46. The van der Waals surface area contributed by atoms with E-state index in [0.29, 0.717) is 11.9 Å². The normalized spacial score (nSPS) is 18.8. The SMILES string of the molecule is COc1cc(N(C)C2CCCN(Cc3ccc(C)s3)C2)ncn1. The fourth-order valence-corrected chi connectivity index (χ4v) is 4.04. The summed E-state index contributed by atoms with van der Waals surface area (Å²) in [6.45, 7) is 5.47. The molecule has 3 heterocycles. The molecule has 1 unspecified atom stereocenters. The summed E-state index contributed by atoms with van der Waals surface area (Å²) < 4.78 is 5.21. The number of aromatic nitrogens is 2. The summed E-state index contributed by atoms with van der Waals surface area (Å²) in [7, 11) is 3.75. The van der Waals surface area contributed by atoms with Crippen LogP contribution in [0.4, 0.5) is 5.82 Å². The van der Waals surface area contributed by atoms with Gasteiger partial charge in [0, 0.05) is 42.0 Å². The predicted molar refractivity (Wildman–Crippen MR) is 94.3 cm³/mol. The topological polar surface area (TPSA) is 41.5 Å². The van der Waals surface area contributed by atoms with Crippen LogP contribution in [0.1, 0.15) is 22.6 Å². The highest BCUT2D eigenvalue weighted by Crippen LogP contribution is 2.24. The Balaban J connectivity index is 1.65. The van der Waals surface area contributed by atoms with Crippen molar-refractivity contribution >= 4 is 17.2 Å². The Morgan fingerprint density at radius 1 is 1.39 bits per heavy atom. The third kappa shape index (κ3) is 4.00. The first-order valence-corrected chi connectivity index (χ1v) is 8.84. The third-order valence-corrected chi connectivity index (χ3v) is 5.39. The molecule has 0 radical (unpaired) electrons. The average Bonchev–Trinajstić information content (AvgIpc) is 2.99. The number of methoxy groups -OCH3 is 1. The van der Waals surface area contributed by atoms with Gasteiger partial charge in [-0.2, -0.15) is 0 Å². The molecule has 0 saturated carbocycles. The van der Waals surface area contributed by atoms with Crippen molar-refractivity contribution in [3.8, 4) is 5.88 Å². The fourth-order valence-electron chi connectivity index (χ4n) is 3.10. The van der Waals surface area contributed by atoms with Crippen LogP contribution in [0, 0.1) is 6.92 Å². The summed E-state index contributed by atoms with van der Waals surface area (Å²) in [5, 5.41) is 0. The Kier molecular flexibility index (Phi) is 5.13. The summed E-state index contributed by atoms with van der Waals surface area (Å²) in [6.07, 6.45) is 3.99. The molecule has 1 saturated heterocycles. The Labute approximate surface area is 141 Å². The number of piperidine rings is 1. The molecule has 3 rings (SSSR count). The van der Waals surface area contributed by atoms with Crippen LogP contribution in [0.3, 0.4) is 0 Å². The van der Waals surface area contributed by atoms with Gasteiger partial charge < -0.3 is 9.64 Å². The lowest BCUT2D eigenvalue weighted by atomic mass is 10.0. The summed E-state index contributed by atoms with van der Waals surface area (Å²) in [5.41, 5.74) is 0. The summed E-state index contributed by atoms with van der Waals surface area (Å²) in [5.74, 6) is 1.54. The Hall–Kier alpha value is -1.66. The van der Waals surface area contributed by atoms with E-state index in [4.69, 9.17) is 4.74 Å². The quantitative estimate of drug-likeness (QED) is 0.842. The first kappa shape index (κ1) is 16.2. The lowest BCUT2D eigenvalue weighted by Gasteiger charge is -2.38. The van der Waals surface area contributed by atoms with Gasteiger partial charge in [-0.3, -0.25) is 4.90 Å². The first-order chi connectivity index (χ1) is 11.2. The van der Waals surface area contributed by atoms with Crippen molar-refractivity contribution in [1.29, 1.82) is 0 Å². The van der Waals surface area contributed by atoms with Crippen LogP contribution < -0.4 is 9.64 Å². The van der Waals surface area contributed by atoms with Crippen LogP contribution in [0.2, 0.25) is 0 Å². The molecule has 2 aromatic heterocycles. The van der Waals surface area contributed by atoms with Crippen LogP contribution in [-0.4, -0.2) is 48.2 Å². The molecule has 6 heteroatoms. The van der Waals surface area contributed by atoms with Gasteiger partial charge in [0.1, 0.15) is 12.1 Å². The molecule has 0 aromatic carbocycles. The van der Waals surface area contributed by atoms with Gasteiger partial charge in [-0.05, 0) is 38.4 Å². The van der Waals surface area contributed by atoms with E-state index in [2.05, 4.69) is 45.9 Å². The molecule has 1 aliphatic rings. The number of aryl methyl sites for hydroxylation is 1. The highest BCUT2D eigenvalue weighted by molar-refractivity contribution is 7.11. The molecule has 124 valence electrons. The van der Waals surface area contributed by atoms with E-state index in [1.165, 1.54) is 29.1 Å². The molecule has 5 nitrogen and oxygen atoms in total. The number of likely N-dealkylation sites (tertiary alicyclic amines) is 1. The third-order valence-electron chi connectivity index (χ3n) is 4.40. The Bertz CT molecular complexity index is 645. The number of thiophene rings is 1. The minimum Gasteiger partial charge on any atom is -0.481 e. The van der Waals surface area contributed by atoms with Crippen molar-refractivity contribution in [1.82, 2.24) is 14.9 Å². The maximum atomic E-state index is 5.21. The zero-order valence-electron chi connectivity index (χ0n) is 14.0.